The van der Waals surface area contributed by atoms with Gasteiger partial charge in [0.25, 0.3) is 5.91 Å². The van der Waals surface area contributed by atoms with Crippen LogP contribution in [0.1, 0.15) is 40.8 Å². The number of benzene rings is 2. The molecule has 1 aliphatic heterocycles. The molecule has 2 aromatic carbocycles. The van der Waals surface area contributed by atoms with Gasteiger partial charge >= 0.3 is 0 Å². The summed E-state index contributed by atoms with van der Waals surface area (Å²) >= 11 is 5.96. The number of para-hydroxylation sites is 1. The van der Waals surface area contributed by atoms with Crippen molar-refractivity contribution in [3.05, 3.63) is 76.9 Å². The Morgan fingerprint density at radius 1 is 1.00 bits per heavy atom. The number of hydrogen-bond acceptors (Lipinski definition) is 7. The molecular formula is C25H24ClN7O2. The number of nitrogens with zero attached hydrogens (tertiary/aromatic N) is 7. The van der Waals surface area contributed by atoms with E-state index in [1.54, 1.807) is 12.1 Å². The maximum atomic E-state index is 13.4. The van der Waals surface area contributed by atoms with Crippen molar-refractivity contribution in [1.29, 1.82) is 0 Å². The number of hydrogen-bond donors (Lipinski definition) is 0. The van der Waals surface area contributed by atoms with Crippen LogP contribution in [0.3, 0.4) is 0 Å². The number of amides is 1. The molecule has 3 heterocycles. The highest BCUT2D eigenvalue weighted by Crippen LogP contribution is 2.42. The fourth-order valence-corrected chi connectivity index (χ4v) is 4.54. The van der Waals surface area contributed by atoms with Gasteiger partial charge in [0.05, 0.1) is 17.9 Å². The van der Waals surface area contributed by atoms with E-state index in [1.165, 1.54) is 0 Å². The van der Waals surface area contributed by atoms with Gasteiger partial charge in [0.2, 0.25) is 11.7 Å². The van der Waals surface area contributed by atoms with Gasteiger partial charge in [-0.15, -0.1) is 5.10 Å². The Morgan fingerprint density at radius 3 is 2.46 bits per heavy atom. The first-order valence-electron chi connectivity index (χ1n) is 11.8. The van der Waals surface area contributed by atoms with Crippen LogP contribution in [0.4, 0.5) is 0 Å². The van der Waals surface area contributed by atoms with Gasteiger partial charge < -0.3 is 9.42 Å². The maximum absolute atomic E-state index is 13.4. The molecule has 0 bridgehead atoms. The van der Waals surface area contributed by atoms with Gasteiger partial charge in [-0.25, -0.2) is 4.68 Å². The third kappa shape index (κ3) is 4.56. The molecule has 0 atom stereocenters. The number of halogens is 1. The van der Waals surface area contributed by atoms with Crippen molar-refractivity contribution >= 4 is 17.5 Å². The van der Waals surface area contributed by atoms with Gasteiger partial charge in [0.1, 0.15) is 0 Å². The number of piperazine rings is 1. The highest BCUT2D eigenvalue weighted by Gasteiger charge is 2.36. The van der Waals surface area contributed by atoms with E-state index in [0.29, 0.717) is 48.0 Å². The minimum atomic E-state index is -0.0449. The minimum absolute atomic E-state index is 0.0449. The van der Waals surface area contributed by atoms with Gasteiger partial charge in [-0.2, -0.15) is 4.98 Å². The quantitative estimate of drug-likeness (QED) is 0.406. The molecule has 9 nitrogen and oxygen atoms in total. The molecule has 1 saturated carbocycles. The normalized spacial score (nSPS) is 16.5. The molecule has 0 radical (unpaired) electrons. The van der Waals surface area contributed by atoms with Crippen molar-refractivity contribution in [2.24, 2.45) is 0 Å². The summed E-state index contributed by atoms with van der Waals surface area (Å²) in [6.45, 7) is 3.20. The first-order chi connectivity index (χ1) is 17.2. The average Bonchev–Trinajstić information content (AvgIpc) is 3.46. The van der Waals surface area contributed by atoms with Crippen molar-refractivity contribution in [2.75, 3.05) is 26.2 Å². The Kier molecular flexibility index (Phi) is 5.79. The van der Waals surface area contributed by atoms with Crippen LogP contribution in [0, 0.1) is 0 Å². The molecule has 4 aromatic rings. The molecule has 2 fully saturated rings. The molecule has 2 aromatic heterocycles. The van der Waals surface area contributed by atoms with Crippen LogP contribution in [0.15, 0.2) is 59.1 Å². The van der Waals surface area contributed by atoms with Gasteiger partial charge in [-0.1, -0.05) is 40.2 Å². The number of carbonyl (C=O) groups excluding carboxylic acids is 1. The summed E-state index contributed by atoms with van der Waals surface area (Å²) in [4.78, 5) is 22.0. The van der Waals surface area contributed by atoms with Crippen LogP contribution in [0.2, 0.25) is 5.02 Å². The predicted molar refractivity (Wildman–Crippen MR) is 129 cm³/mol. The Bertz CT molecular complexity index is 1320. The second kappa shape index (κ2) is 9.24. The lowest BCUT2D eigenvalue weighted by molar-refractivity contribution is 0.0608. The van der Waals surface area contributed by atoms with Crippen molar-refractivity contribution in [3.63, 3.8) is 0 Å². The zero-order chi connectivity index (χ0) is 23.8. The zero-order valence-corrected chi connectivity index (χ0v) is 19.8. The van der Waals surface area contributed by atoms with E-state index in [2.05, 4.69) is 25.4 Å². The van der Waals surface area contributed by atoms with E-state index in [0.717, 1.165) is 42.9 Å². The van der Waals surface area contributed by atoms with Gasteiger partial charge in [-0.3, -0.25) is 9.69 Å². The third-order valence-electron chi connectivity index (χ3n) is 6.46. The maximum Gasteiger partial charge on any atom is 0.276 e. The highest BCUT2D eigenvalue weighted by molar-refractivity contribution is 6.30. The van der Waals surface area contributed by atoms with E-state index in [1.807, 2.05) is 52.0 Å². The largest absolute Gasteiger partial charge is 0.338 e. The topological polar surface area (TPSA) is 93.2 Å². The van der Waals surface area contributed by atoms with Crippen LogP contribution >= 0.6 is 11.6 Å². The summed E-state index contributed by atoms with van der Waals surface area (Å²) in [5, 5.41) is 13.4. The molecule has 0 N–H and O–H groups in total. The van der Waals surface area contributed by atoms with Gasteiger partial charge in [0.15, 0.2) is 5.69 Å². The van der Waals surface area contributed by atoms with Gasteiger partial charge in [0, 0.05) is 42.7 Å². The summed E-state index contributed by atoms with van der Waals surface area (Å²) in [6.07, 6.45) is 2.13. The summed E-state index contributed by atoms with van der Waals surface area (Å²) in [7, 11) is 0. The van der Waals surface area contributed by atoms with Crippen molar-refractivity contribution < 1.29 is 9.32 Å². The molecule has 1 amide bonds. The molecule has 10 heteroatoms. The standard InChI is InChI=1S/C25H24ClN7O2/c26-19-10-8-18(9-11-19)24-27-21(35-29-24)16-31-12-14-32(15-13-31)25(34)22-23(17-6-7-17)33(30-28-22)20-4-2-1-3-5-20/h1-5,8-11,17H,6-7,12-16H2. The van der Waals surface area contributed by atoms with E-state index < -0.39 is 0 Å². The molecule has 35 heavy (non-hydrogen) atoms. The molecular weight excluding hydrogens is 466 g/mol. The lowest BCUT2D eigenvalue weighted by Crippen LogP contribution is -2.48. The fraction of sp³-hybridized carbons (Fsp3) is 0.320. The summed E-state index contributed by atoms with van der Waals surface area (Å²) < 4.78 is 7.28. The second-order valence-electron chi connectivity index (χ2n) is 8.93. The number of carbonyl (C=O) groups is 1. The van der Waals surface area contributed by atoms with E-state index >= 15 is 0 Å². The van der Waals surface area contributed by atoms with E-state index in [9.17, 15) is 4.79 Å². The van der Waals surface area contributed by atoms with Crippen molar-refractivity contribution in [3.8, 4) is 17.1 Å². The molecule has 6 rings (SSSR count). The molecule has 178 valence electrons. The third-order valence-corrected chi connectivity index (χ3v) is 6.71. The SMILES string of the molecule is O=C(c1nnn(-c2ccccc2)c1C1CC1)N1CCN(Cc2nc(-c3ccc(Cl)cc3)no2)CC1. The van der Waals surface area contributed by atoms with Crippen molar-refractivity contribution in [2.45, 2.75) is 25.3 Å². The average molecular weight is 490 g/mol. The first-order valence-corrected chi connectivity index (χ1v) is 12.1. The summed E-state index contributed by atoms with van der Waals surface area (Å²) in [6, 6.07) is 17.2. The van der Waals surface area contributed by atoms with E-state index in [4.69, 9.17) is 16.1 Å². The van der Waals surface area contributed by atoms with Crippen LogP contribution in [0.25, 0.3) is 17.1 Å². The zero-order valence-electron chi connectivity index (χ0n) is 19.0. The Balaban J connectivity index is 1.10. The summed E-state index contributed by atoms with van der Waals surface area (Å²) in [5.74, 6) is 1.39. The van der Waals surface area contributed by atoms with Crippen LogP contribution in [0.5, 0.6) is 0 Å². The molecule has 0 unspecified atom stereocenters. The smallest absolute Gasteiger partial charge is 0.276 e. The highest BCUT2D eigenvalue weighted by atomic mass is 35.5. The summed E-state index contributed by atoms with van der Waals surface area (Å²) in [5.41, 5.74) is 3.21. The number of rotatable bonds is 6. The number of aromatic nitrogens is 5. The Morgan fingerprint density at radius 2 is 1.74 bits per heavy atom. The molecule has 1 saturated heterocycles. The Hall–Kier alpha value is -3.56. The minimum Gasteiger partial charge on any atom is -0.338 e. The van der Waals surface area contributed by atoms with Crippen LogP contribution in [-0.4, -0.2) is 67.0 Å². The van der Waals surface area contributed by atoms with Crippen LogP contribution in [-0.2, 0) is 6.54 Å². The Labute approximate surface area is 207 Å². The fourth-order valence-electron chi connectivity index (χ4n) is 4.41. The van der Waals surface area contributed by atoms with Crippen LogP contribution < -0.4 is 0 Å². The molecule has 0 spiro atoms. The molecule has 2 aliphatic rings. The molecule has 1 aliphatic carbocycles. The van der Waals surface area contributed by atoms with E-state index in [-0.39, 0.29) is 5.91 Å². The monoisotopic (exact) mass is 489 g/mol. The van der Waals surface area contributed by atoms with Crippen molar-refractivity contribution in [1.82, 2.24) is 34.9 Å². The lowest BCUT2D eigenvalue weighted by atomic mass is 10.2. The predicted octanol–water partition coefficient (Wildman–Crippen LogP) is 3.81. The van der Waals surface area contributed by atoms with Gasteiger partial charge in [-0.05, 0) is 49.2 Å². The lowest BCUT2D eigenvalue weighted by Gasteiger charge is -2.33. The first kappa shape index (κ1) is 21.9. The second-order valence-corrected chi connectivity index (χ2v) is 9.37.